The van der Waals surface area contributed by atoms with Crippen LogP contribution in [0.4, 0.5) is 11.4 Å². The largest absolute Gasteiger partial charge is 0.464 e. The van der Waals surface area contributed by atoms with Crippen molar-refractivity contribution < 1.29 is 9.34 Å². The average Bonchev–Trinajstić information content (AvgIpc) is 3.34. The van der Waals surface area contributed by atoms with Gasteiger partial charge in [-0.3, -0.25) is 14.9 Å². The smallest absolute Gasteiger partial charge is 0.292 e. The number of hydrogen-bond donors (Lipinski definition) is 1. The Morgan fingerprint density at radius 3 is 2.67 bits per heavy atom. The van der Waals surface area contributed by atoms with Crippen LogP contribution < -0.4 is 10.7 Å². The maximum Gasteiger partial charge on any atom is 0.292 e. The van der Waals surface area contributed by atoms with Crippen molar-refractivity contribution in [1.82, 2.24) is 20.2 Å². The average molecular weight is 446 g/mol. The number of anilines is 1. The molecule has 1 atom stereocenters. The van der Waals surface area contributed by atoms with Crippen LogP contribution in [0, 0.1) is 10.1 Å². The molecule has 0 radical (unpaired) electrons. The number of nitro benzene ring substituents is 1. The summed E-state index contributed by atoms with van der Waals surface area (Å²) in [6, 6.07) is 12.5. The summed E-state index contributed by atoms with van der Waals surface area (Å²) < 4.78 is 7.50. The predicted octanol–water partition coefficient (Wildman–Crippen LogP) is 4.39. The molecule has 1 aliphatic carbocycles. The molecule has 1 fully saturated rings. The molecule has 168 valence electrons. The maximum atomic E-state index is 13.4. The molecule has 4 aromatic rings. The van der Waals surface area contributed by atoms with E-state index < -0.39 is 11.0 Å². The molecular weight excluding hydrogens is 424 g/mol. The molecule has 0 saturated heterocycles. The van der Waals surface area contributed by atoms with E-state index >= 15 is 0 Å². The SMILES string of the molecule is O=c1c(C(Nc2ccccc2[N+](=O)[O-])c2nnnn2C2CCCCC2)coc2ccccc12. The molecule has 2 aromatic carbocycles. The van der Waals surface area contributed by atoms with Crippen molar-refractivity contribution in [2.45, 2.75) is 44.2 Å². The zero-order valence-corrected chi connectivity index (χ0v) is 17.8. The zero-order valence-electron chi connectivity index (χ0n) is 17.8. The second-order valence-corrected chi connectivity index (χ2v) is 8.14. The fourth-order valence-electron chi connectivity index (χ4n) is 4.46. The third-order valence-electron chi connectivity index (χ3n) is 6.12. The lowest BCUT2D eigenvalue weighted by Crippen LogP contribution is -2.26. The lowest BCUT2D eigenvalue weighted by Gasteiger charge is -2.25. The third kappa shape index (κ3) is 3.95. The second kappa shape index (κ2) is 8.81. The first-order valence-electron chi connectivity index (χ1n) is 10.9. The van der Waals surface area contributed by atoms with Crippen molar-refractivity contribution in [1.29, 1.82) is 0 Å². The van der Waals surface area contributed by atoms with Crippen LogP contribution >= 0.6 is 0 Å². The molecule has 0 aliphatic heterocycles. The first-order chi connectivity index (χ1) is 16.1. The van der Waals surface area contributed by atoms with E-state index in [0.29, 0.717) is 16.8 Å². The third-order valence-corrected chi connectivity index (χ3v) is 6.12. The minimum Gasteiger partial charge on any atom is -0.464 e. The molecule has 1 unspecified atom stereocenters. The van der Waals surface area contributed by atoms with Crippen LogP contribution in [0.15, 0.2) is 64.0 Å². The van der Waals surface area contributed by atoms with Gasteiger partial charge in [0.1, 0.15) is 23.6 Å². The van der Waals surface area contributed by atoms with Gasteiger partial charge in [-0.25, -0.2) is 4.68 Å². The monoisotopic (exact) mass is 446 g/mol. The fraction of sp³-hybridized carbons (Fsp3) is 0.304. The number of para-hydroxylation sites is 3. The zero-order chi connectivity index (χ0) is 22.8. The topological polar surface area (TPSA) is 129 Å². The summed E-state index contributed by atoms with van der Waals surface area (Å²) >= 11 is 0. The van der Waals surface area contributed by atoms with Crippen molar-refractivity contribution in [3.05, 3.63) is 86.5 Å². The summed E-state index contributed by atoms with van der Waals surface area (Å²) in [5, 5.41) is 27.6. The van der Waals surface area contributed by atoms with Gasteiger partial charge in [0.15, 0.2) is 11.3 Å². The van der Waals surface area contributed by atoms with E-state index in [-0.39, 0.29) is 28.4 Å². The lowest BCUT2D eigenvalue weighted by atomic mass is 9.95. The van der Waals surface area contributed by atoms with E-state index in [1.807, 2.05) is 0 Å². The Labute approximate surface area is 188 Å². The molecule has 1 aliphatic rings. The van der Waals surface area contributed by atoms with Crippen LogP contribution in [-0.4, -0.2) is 25.1 Å². The number of fused-ring (bicyclic) bond motifs is 1. The van der Waals surface area contributed by atoms with E-state index in [2.05, 4.69) is 20.8 Å². The highest BCUT2D eigenvalue weighted by molar-refractivity contribution is 5.77. The quantitative estimate of drug-likeness (QED) is 0.341. The van der Waals surface area contributed by atoms with Crippen LogP contribution in [0.1, 0.15) is 55.6 Å². The number of benzene rings is 2. The Morgan fingerprint density at radius 1 is 1.09 bits per heavy atom. The van der Waals surface area contributed by atoms with Gasteiger partial charge in [-0.15, -0.1) is 5.10 Å². The van der Waals surface area contributed by atoms with Gasteiger partial charge in [0, 0.05) is 6.07 Å². The highest BCUT2D eigenvalue weighted by Gasteiger charge is 2.30. The van der Waals surface area contributed by atoms with Gasteiger partial charge in [-0.2, -0.15) is 0 Å². The van der Waals surface area contributed by atoms with E-state index in [4.69, 9.17) is 4.42 Å². The number of nitrogens with zero attached hydrogens (tertiary/aromatic N) is 5. The van der Waals surface area contributed by atoms with Crippen molar-refractivity contribution in [2.75, 3.05) is 5.32 Å². The van der Waals surface area contributed by atoms with Gasteiger partial charge in [0.2, 0.25) is 0 Å². The standard InChI is InChI=1S/C23H22N6O4/c30-22-16-10-4-7-13-20(16)33-14-17(22)21(24-18-11-5-6-12-19(18)29(31)32)23-25-26-27-28(23)15-8-2-1-3-9-15/h4-7,10-15,21,24H,1-3,8-9H2. The molecule has 5 rings (SSSR count). The summed E-state index contributed by atoms with van der Waals surface area (Å²) in [5.41, 5.74) is 0.648. The summed E-state index contributed by atoms with van der Waals surface area (Å²) in [6.45, 7) is 0. The van der Waals surface area contributed by atoms with Crippen molar-refractivity contribution in [2.24, 2.45) is 0 Å². The number of tetrazole rings is 1. The second-order valence-electron chi connectivity index (χ2n) is 8.14. The number of hydrogen-bond acceptors (Lipinski definition) is 8. The summed E-state index contributed by atoms with van der Waals surface area (Å²) in [4.78, 5) is 24.6. The van der Waals surface area contributed by atoms with Crippen LogP contribution in [0.25, 0.3) is 11.0 Å². The van der Waals surface area contributed by atoms with Gasteiger partial charge in [-0.05, 0) is 41.5 Å². The summed E-state index contributed by atoms with van der Waals surface area (Å²) in [5.74, 6) is 0.419. The Hall–Kier alpha value is -4.08. The normalized spacial score (nSPS) is 15.4. The molecule has 1 N–H and O–H groups in total. The number of nitrogens with one attached hydrogen (secondary N) is 1. The van der Waals surface area contributed by atoms with Crippen LogP contribution in [0.5, 0.6) is 0 Å². The van der Waals surface area contributed by atoms with Gasteiger partial charge >= 0.3 is 0 Å². The summed E-state index contributed by atoms with van der Waals surface area (Å²) in [6.07, 6.45) is 6.57. The first kappa shape index (κ1) is 20.8. The lowest BCUT2D eigenvalue weighted by molar-refractivity contribution is -0.384. The van der Waals surface area contributed by atoms with E-state index in [1.54, 1.807) is 47.1 Å². The fourth-order valence-corrected chi connectivity index (χ4v) is 4.46. The van der Waals surface area contributed by atoms with Crippen LogP contribution in [0.3, 0.4) is 0 Å². The predicted molar refractivity (Wildman–Crippen MR) is 121 cm³/mol. The van der Waals surface area contributed by atoms with E-state index in [0.717, 1.165) is 25.7 Å². The number of aromatic nitrogens is 4. The first-order valence-corrected chi connectivity index (χ1v) is 10.9. The molecule has 1 saturated carbocycles. The highest BCUT2D eigenvalue weighted by atomic mass is 16.6. The van der Waals surface area contributed by atoms with Gasteiger partial charge in [-0.1, -0.05) is 43.5 Å². The maximum absolute atomic E-state index is 13.4. The molecular formula is C23H22N6O4. The van der Waals surface area contributed by atoms with Crippen LogP contribution in [0.2, 0.25) is 0 Å². The number of rotatable bonds is 6. The molecule has 33 heavy (non-hydrogen) atoms. The van der Waals surface area contributed by atoms with Gasteiger partial charge < -0.3 is 9.73 Å². The Kier molecular flexibility index (Phi) is 5.55. The molecule has 2 heterocycles. The Balaban J connectivity index is 1.66. The molecule has 0 spiro atoms. The van der Waals surface area contributed by atoms with Gasteiger partial charge in [0.25, 0.3) is 5.69 Å². The minimum atomic E-state index is -0.844. The molecule has 0 bridgehead atoms. The summed E-state index contributed by atoms with van der Waals surface area (Å²) in [7, 11) is 0. The Bertz CT molecular complexity index is 1360. The molecule has 10 heteroatoms. The van der Waals surface area contributed by atoms with Crippen molar-refractivity contribution in [3.8, 4) is 0 Å². The highest BCUT2D eigenvalue weighted by Crippen LogP contribution is 2.34. The molecule has 0 amide bonds. The van der Waals surface area contributed by atoms with E-state index in [9.17, 15) is 14.9 Å². The van der Waals surface area contributed by atoms with Crippen molar-refractivity contribution in [3.63, 3.8) is 0 Å². The van der Waals surface area contributed by atoms with Gasteiger partial charge in [0.05, 0.1) is 21.9 Å². The minimum absolute atomic E-state index is 0.103. The van der Waals surface area contributed by atoms with Crippen molar-refractivity contribution >= 4 is 22.3 Å². The van der Waals surface area contributed by atoms with E-state index in [1.165, 1.54) is 18.8 Å². The molecule has 2 aromatic heterocycles. The number of nitro groups is 1. The molecule has 10 nitrogen and oxygen atoms in total. The van der Waals surface area contributed by atoms with Crippen LogP contribution in [-0.2, 0) is 0 Å². The Morgan fingerprint density at radius 2 is 1.85 bits per heavy atom.